The Morgan fingerprint density at radius 3 is 2.83 bits per heavy atom. The van der Waals surface area contributed by atoms with E-state index >= 15 is 0 Å². The van der Waals surface area contributed by atoms with Crippen LogP contribution in [0.3, 0.4) is 0 Å². The molecule has 0 bridgehead atoms. The normalized spacial score (nSPS) is 9.83. The standard InChI is InChI=1S/C8H12FN3/c1-2-3-4-10-8-6-11-7(9)5-12-8/h5-6H,2-4H2,1H3,(H,10,12). The van der Waals surface area contributed by atoms with Crippen LogP contribution in [0.4, 0.5) is 10.2 Å². The number of aromatic nitrogens is 2. The Balaban J connectivity index is 2.37. The van der Waals surface area contributed by atoms with Gasteiger partial charge in [-0.15, -0.1) is 0 Å². The average molecular weight is 169 g/mol. The van der Waals surface area contributed by atoms with Crippen molar-refractivity contribution < 1.29 is 4.39 Å². The second-order valence-corrected chi connectivity index (χ2v) is 2.50. The van der Waals surface area contributed by atoms with Gasteiger partial charge < -0.3 is 5.32 Å². The molecule has 3 nitrogen and oxygen atoms in total. The second-order valence-electron chi connectivity index (χ2n) is 2.50. The van der Waals surface area contributed by atoms with Crippen molar-refractivity contribution in [1.29, 1.82) is 0 Å². The van der Waals surface area contributed by atoms with E-state index in [1.165, 1.54) is 6.20 Å². The third kappa shape index (κ3) is 2.82. The fourth-order valence-electron chi connectivity index (χ4n) is 0.797. The van der Waals surface area contributed by atoms with Crippen LogP contribution in [0.2, 0.25) is 0 Å². The first-order valence-corrected chi connectivity index (χ1v) is 4.04. The van der Waals surface area contributed by atoms with Gasteiger partial charge in [0.1, 0.15) is 5.82 Å². The summed E-state index contributed by atoms with van der Waals surface area (Å²) in [6.07, 6.45) is 4.71. The summed E-state index contributed by atoms with van der Waals surface area (Å²) in [5.74, 6) is 0.0842. The Kier molecular flexibility index (Phi) is 3.44. The topological polar surface area (TPSA) is 37.8 Å². The third-order valence-electron chi connectivity index (χ3n) is 1.46. The summed E-state index contributed by atoms with van der Waals surface area (Å²) in [7, 11) is 0. The van der Waals surface area contributed by atoms with Crippen LogP contribution in [0.15, 0.2) is 12.4 Å². The highest BCUT2D eigenvalue weighted by atomic mass is 19.1. The molecule has 0 aliphatic heterocycles. The van der Waals surface area contributed by atoms with E-state index in [1.807, 2.05) is 0 Å². The molecule has 4 heteroatoms. The summed E-state index contributed by atoms with van der Waals surface area (Å²) < 4.78 is 12.3. The van der Waals surface area contributed by atoms with Gasteiger partial charge in [-0.25, -0.2) is 9.97 Å². The van der Waals surface area contributed by atoms with Crippen molar-refractivity contribution in [2.45, 2.75) is 19.8 Å². The second kappa shape index (κ2) is 4.64. The molecule has 0 spiro atoms. The van der Waals surface area contributed by atoms with Crippen LogP contribution in [0.25, 0.3) is 0 Å². The van der Waals surface area contributed by atoms with Crippen molar-refractivity contribution in [3.8, 4) is 0 Å². The molecule has 0 aliphatic rings. The number of anilines is 1. The predicted molar refractivity (Wildman–Crippen MR) is 45.4 cm³/mol. The van der Waals surface area contributed by atoms with E-state index in [9.17, 15) is 4.39 Å². The summed E-state index contributed by atoms with van der Waals surface area (Å²) in [5.41, 5.74) is 0. The summed E-state index contributed by atoms with van der Waals surface area (Å²) >= 11 is 0. The van der Waals surface area contributed by atoms with Gasteiger partial charge in [-0.3, -0.25) is 0 Å². The molecule has 0 radical (unpaired) electrons. The molecule has 0 atom stereocenters. The summed E-state index contributed by atoms with van der Waals surface area (Å²) in [6.45, 7) is 2.97. The highest BCUT2D eigenvalue weighted by molar-refractivity contribution is 5.29. The number of nitrogens with zero attached hydrogens (tertiary/aromatic N) is 2. The van der Waals surface area contributed by atoms with E-state index < -0.39 is 5.95 Å². The molecule has 1 N–H and O–H groups in total. The van der Waals surface area contributed by atoms with E-state index in [-0.39, 0.29) is 0 Å². The molecule has 0 amide bonds. The molecule has 0 aliphatic carbocycles. The Labute approximate surface area is 71.0 Å². The minimum Gasteiger partial charge on any atom is -0.369 e. The number of unbranched alkanes of at least 4 members (excludes halogenated alkanes) is 1. The van der Waals surface area contributed by atoms with E-state index in [0.29, 0.717) is 5.82 Å². The number of halogens is 1. The lowest BCUT2D eigenvalue weighted by Gasteiger charge is -2.02. The Morgan fingerprint density at radius 2 is 2.25 bits per heavy atom. The number of hydrogen-bond donors (Lipinski definition) is 1. The van der Waals surface area contributed by atoms with Crippen molar-refractivity contribution in [3.05, 3.63) is 18.3 Å². The molecule has 0 fully saturated rings. The highest BCUT2D eigenvalue weighted by Gasteiger charge is 1.93. The lowest BCUT2D eigenvalue weighted by Crippen LogP contribution is -2.03. The molecule has 0 saturated heterocycles. The van der Waals surface area contributed by atoms with Gasteiger partial charge >= 0.3 is 0 Å². The van der Waals surface area contributed by atoms with Crippen molar-refractivity contribution in [1.82, 2.24) is 9.97 Å². The monoisotopic (exact) mass is 169 g/mol. The van der Waals surface area contributed by atoms with E-state index in [4.69, 9.17) is 0 Å². The van der Waals surface area contributed by atoms with Crippen LogP contribution in [-0.2, 0) is 0 Å². The maximum Gasteiger partial charge on any atom is 0.231 e. The lowest BCUT2D eigenvalue weighted by molar-refractivity contribution is 0.577. The fourth-order valence-corrected chi connectivity index (χ4v) is 0.797. The first-order valence-electron chi connectivity index (χ1n) is 4.04. The number of nitrogens with one attached hydrogen (secondary N) is 1. The van der Waals surface area contributed by atoms with Crippen molar-refractivity contribution >= 4 is 5.82 Å². The zero-order chi connectivity index (χ0) is 8.81. The van der Waals surface area contributed by atoms with E-state index in [2.05, 4.69) is 22.2 Å². The highest BCUT2D eigenvalue weighted by Crippen LogP contribution is 1.99. The van der Waals surface area contributed by atoms with Crippen LogP contribution in [-0.4, -0.2) is 16.5 Å². The van der Waals surface area contributed by atoms with Crippen LogP contribution >= 0.6 is 0 Å². The maximum absolute atomic E-state index is 12.3. The first-order chi connectivity index (χ1) is 5.83. The molecule has 1 aromatic heterocycles. The van der Waals surface area contributed by atoms with Gasteiger partial charge in [0.2, 0.25) is 5.95 Å². The van der Waals surface area contributed by atoms with Gasteiger partial charge in [-0.2, -0.15) is 4.39 Å². The maximum atomic E-state index is 12.3. The number of hydrogen-bond acceptors (Lipinski definition) is 3. The van der Waals surface area contributed by atoms with Crippen molar-refractivity contribution in [2.75, 3.05) is 11.9 Å². The third-order valence-corrected chi connectivity index (χ3v) is 1.46. The summed E-state index contributed by atoms with van der Waals surface area (Å²) in [6, 6.07) is 0. The van der Waals surface area contributed by atoms with E-state index in [1.54, 1.807) is 0 Å². The van der Waals surface area contributed by atoms with Gasteiger partial charge in [-0.1, -0.05) is 13.3 Å². The molecular weight excluding hydrogens is 157 g/mol. The smallest absolute Gasteiger partial charge is 0.231 e. The minimum atomic E-state index is -0.545. The largest absolute Gasteiger partial charge is 0.369 e. The van der Waals surface area contributed by atoms with E-state index in [0.717, 1.165) is 25.6 Å². The molecule has 1 aromatic rings. The number of rotatable bonds is 4. The molecule has 0 unspecified atom stereocenters. The van der Waals surface area contributed by atoms with Crippen molar-refractivity contribution in [2.24, 2.45) is 0 Å². The average Bonchev–Trinajstić information content (AvgIpc) is 2.09. The molecule has 12 heavy (non-hydrogen) atoms. The Hall–Kier alpha value is -1.19. The summed E-state index contributed by atoms with van der Waals surface area (Å²) in [4.78, 5) is 7.27. The van der Waals surface area contributed by atoms with Gasteiger partial charge in [0, 0.05) is 6.54 Å². The predicted octanol–water partition coefficient (Wildman–Crippen LogP) is 1.83. The first kappa shape index (κ1) is 8.90. The van der Waals surface area contributed by atoms with Crippen LogP contribution in [0.1, 0.15) is 19.8 Å². The lowest BCUT2D eigenvalue weighted by atomic mass is 10.3. The van der Waals surface area contributed by atoms with Crippen LogP contribution < -0.4 is 5.32 Å². The zero-order valence-electron chi connectivity index (χ0n) is 7.05. The van der Waals surface area contributed by atoms with Crippen LogP contribution in [0.5, 0.6) is 0 Å². The molecular formula is C8H12FN3. The molecule has 1 rings (SSSR count). The quantitative estimate of drug-likeness (QED) is 0.699. The Morgan fingerprint density at radius 1 is 1.42 bits per heavy atom. The molecule has 0 aromatic carbocycles. The van der Waals surface area contributed by atoms with Crippen LogP contribution in [0, 0.1) is 5.95 Å². The molecule has 0 saturated carbocycles. The van der Waals surface area contributed by atoms with Gasteiger partial charge in [0.15, 0.2) is 0 Å². The van der Waals surface area contributed by atoms with Gasteiger partial charge in [0.05, 0.1) is 12.4 Å². The summed E-state index contributed by atoms with van der Waals surface area (Å²) in [5, 5.41) is 3.03. The minimum absolute atomic E-state index is 0.545. The van der Waals surface area contributed by atoms with Gasteiger partial charge in [-0.05, 0) is 6.42 Å². The molecule has 1 heterocycles. The van der Waals surface area contributed by atoms with Crippen molar-refractivity contribution in [3.63, 3.8) is 0 Å². The fraction of sp³-hybridized carbons (Fsp3) is 0.500. The zero-order valence-corrected chi connectivity index (χ0v) is 7.05. The van der Waals surface area contributed by atoms with Gasteiger partial charge in [0.25, 0.3) is 0 Å². The Bertz CT molecular complexity index is 222. The SMILES string of the molecule is CCCCNc1cnc(F)cn1. The molecule has 66 valence electrons.